The van der Waals surface area contributed by atoms with Gasteiger partial charge in [0, 0.05) is 0 Å². The molecule has 0 aromatic heterocycles. The van der Waals surface area contributed by atoms with E-state index in [0.29, 0.717) is 17.1 Å². The maximum Gasteiger partial charge on any atom is 0.320 e. The Morgan fingerprint density at radius 2 is 1.95 bits per heavy atom. The number of para-hydroxylation sites is 1. The quantitative estimate of drug-likeness (QED) is 0.716. The SMILES string of the molecule is CCCC(NC(C)C(=O)Nc1ccccc1Cl)C(=O)O.Cl. The number of nitrogens with one attached hydrogen (secondary N) is 2. The second-order valence-electron chi connectivity index (χ2n) is 4.54. The number of rotatable bonds is 7. The molecule has 0 radical (unpaired) electrons. The first-order chi connectivity index (χ1) is 9.45. The van der Waals surface area contributed by atoms with Gasteiger partial charge in [-0.05, 0) is 25.5 Å². The topological polar surface area (TPSA) is 78.4 Å². The molecule has 0 aliphatic heterocycles. The van der Waals surface area contributed by atoms with Crippen molar-refractivity contribution in [1.29, 1.82) is 0 Å². The number of hydrogen-bond acceptors (Lipinski definition) is 3. The highest BCUT2D eigenvalue weighted by Crippen LogP contribution is 2.20. The zero-order valence-electron chi connectivity index (χ0n) is 11.9. The monoisotopic (exact) mass is 334 g/mol. The molecule has 0 bridgehead atoms. The van der Waals surface area contributed by atoms with Crippen LogP contribution in [0.3, 0.4) is 0 Å². The van der Waals surface area contributed by atoms with Gasteiger partial charge >= 0.3 is 5.97 Å². The number of benzene rings is 1. The fourth-order valence-corrected chi connectivity index (χ4v) is 1.93. The minimum absolute atomic E-state index is 0. The fourth-order valence-electron chi connectivity index (χ4n) is 1.75. The molecule has 2 unspecified atom stereocenters. The van der Waals surface area contributed by atoms with E-state index < -0.39 is 18.1 Å². The van der Waals surface area contributed by atoms with E-state index in [1.54, 1.807) is 31.2 Å². The van der Waals surface area contributed by atoms with Gasteiger partial charge < -0.3 is 10.4 Å². The molecule has 118 valence electrons. The highest BCUT2D eigenvalue weighted by molar-refractivity contribution is 6.33. The molecule has 1 aromatic rings. The van der Waals surface area contributed by atoms with Crippen molar-refractivity contribution < 1.29 is 14.7 Å². The van der Waals surface area contributed by atoms with Gasteiger partial charge in [-0.1, -0.05) is 37.1 Å². The Labute approximate surface area is 135 Å². The summed E-state index contributed by atoms with van der Waals surface area (Å²) < 4.78 is 0. The molecule has 0 aliphatic carbocycles. The number of carboxylic acids is 1. The van der Waals surface area contributed by atoms with E-state index in [2.05, 4.69) is 10.6 Å². The molecule has 0 fully saturated rings. The average molecular weight is 335 g/mol. The standard InChI is InChI=1S/C14H19ClN2O3.ClH/c1-3-6-12(14(19)20)16-9(2)13(18)17-11-8-5-4-7-10(11)15;/h4-5,7-9,12,16H,3,6H2,1-2H3,(H,17,18)(H,19,20);1H. The number of halogens is 2. The van der Waals surface area contributed by atoms with Crippen LogP contribution in [-0.2, 0) is 9.59 Å². The van der Waals surface area contributed by atoms with Crippen molar-refractivity contribution in [3.63, 3.8) is 0 Å². The lowest BCUT2D eigenvalue weighted by atomic mass is 10.1. The normalized spacial score (nSPS) is 12.9. The third-order valence-electron chi connectivity index (χ3n) is 2.85. The summed E-state index contributed by atoms with van der Waals surface area (Å²) in [5.41, 5.74) is 0.509. The Morgan fingerprint density at radius 1 is 1.33 bits per heavy atom. The second kappa shape index (κ2) is 9.60. The number of carbonyl (C=O) groups is 2. The van der Waals surface area contributed by atoms with Crippen LogP contribution in [0.2, 0.25) is 5.02 Å². The van der Waals surface area contributed by atoms with E-state index in [4.69, 9.17) is 16.7 Å². The molecule has 0 saturated carbocycles. The van der Waals surface area contributed by atoms with E-state index in [0.717, 1.165) is 6.42 Å². The van der Waals surface area contributed by atoms with Crippen molar-refractivity contribution >= 4 is 41.6 Å². The molecule has 1 rings (SSSR count). The first kappa shape index (κ1) is 19.7. The summed E-state index contributed by atoms with van der Waals surface area (Å²) in [7, 11) is 0. The Morgan fingerprint density at radius 3 is 2.48 bits per heavy atom. The number of carbonyl (C=O) groups excluding carboxylic acids is 1. The van der Waals surface area contributed by atoms with E-state index in [-0.39, 0.29) is 18.3 Å². The van der Waals surface area contributed by atoms with E-state index in [1.807, 2.05) is 6.92 Å². The van der Waals surface area contributed by atoms with Crippen LogP contribution in [0.25, 0.3) is 0 Å². The maximum atomic E-state index is 12.0. The highest BCUT2D eigenvalue weighted by Gasteiger charge is 2.22. The molecule has 7 heteroatoms. The van der Waals surface area contributed by atoms with Gasteiger partial charge in [0.1, 0.15) is 6.04 Å². The lowest BCUT2D eigenvalue weighted by molar-refractivity contribution is -0.140. The lowest BCUT2D eigenvalue weighted by Gasteiger charge is -2.19. The van der Waals surface area contributed by atoms with Gasteiger partial charge in [-0.25, -0.2) is 0 Å². The Balaban J connectivity index is 0.00000400. The summed E-state index contributed by atoms with van der Waals surface area (Å²) in [5, 5.41) is 15.0. The molecule has 0 saturated heterocycles. The summed E-state index contributed by atoms with van der Waals surface area (Å²) >= 11 is 5.95. The summed E-state index contributed by atoms with van der Waals surface area (Å²) in [6, 6.07) is 5.53. The number of anilines is 1. The van der Waals surface area contributed by atoms with Gasteiger partial charge in [0.15, 0.2) is 0 Å². The third-order valence-corrected chi connectivity index (χ3v) is 3.18. The Hall–Kier alpha value is -1.30. The molecule has 5 nitrogen and oxygen atoms in total. The van der Waals surface area contributed by atoms with Gasteiger partial charge in [-0.2, -0.15) is 0 Å². The summed E-state index contributed by atoms with van der Waals surface area (Å²) in [6.45, 7) is 3.52. The molecule has 3 N–H and O–H groups in total. The number of amides is 1. The molecule has 2 atom stereocenters. The van der Waals surface area contributed by atoms with Crippen LogP contribution in [0.4, 0.5) is 5.69 Å². The molecule has 0 heterocycles. The summed E-state index contributed by atoms with van der Waals surface area (Å²) in [6.07, 6.45) is 1.20. The largest absolute Gasteiger partial charge is 0.480 e. The fraction of sp³-hybridized carbons (Fsp3) is 0.429. The third kappa shape index (κ3) is 6.33. The molecular weight excluding hydrogens is 315 g/mol. The van der Waals surface area contributed by atoms with Crippen molar-refractivity contribution in [2.24, 2.45) is 0 Å². The van der Waals surface area contributed by atoms with Crippen molar-refractivity contribution in [1.82, 2.24) is 5.32 Å². The lowest BCUT2D eigenvalue weighted by Crippen LogP contribution is -2.47. The molecular formula is C14H20Cl2N2O3. The van der Waals surface area contributed by atoms with E-state index in [1.165, 1.54) is 0 Å². The number of hydrogen-bond donors (Lipinski definition) is 3. The number of carboxylic acid groups (broad SMARTS) is 1. The maximum absolute atomic E-state index is 12.0. The predicted octanol–water partition coefficient (Wildman–Crippen LogP) is 2.93. The average Bonchev–Trinajstić information content (AvgIpc) is 2.40. The van der Waals surface area contributed by atoms with Crippen molar-refractivity contribution in [3.05, 3.63) is 29.3 Å². The summed E-state index contributed by atoms with van der Waals surface area (Å²) in [4.78, 5) is 23.0. The van der Waals surface area contributed by atoms with Crippen LogP contribution in [0, 0.1) is 0 Å². The smallest absolute Gasteiger partial charge is 0.320 e. The van der Waals surface area contributed by atoms with Gasteiger partial charge in [0.25, 0.3) is 0 Å². The summed E-state index contributed by atoms with van der Waals surface area (Å²) in [5.74, 6) is -1.27. The van der Waals surface area contributed by atoms with E-state index in [9.17, 15) is 9.59 Å². The zero-order chi connectivity index (χ0) is 15.1. The first-order valence-electron chi connectivity index (χ1n) is 6.50. The minimum Gasteiger partial charge on any atom is -0.480 e. The van der Waals surface area contributed by atoms with Crippen molar-refractivity contribution in [3.8, 4) is 0 Å². The molecule has 0 aliphatic rings. The minimum atomic E-state index is -0.954. The van der Waals surface area contributed by atoms with E-state index >= 15 is 0 Å². The van der Waals surface area contributed by atoms with Crippen molar-refractivity contribution in [2.45, 2.75) is 38.8 Å². The van der Waals surface area contributed by atoms with Gasteiger partial charge in [0.2, 0.25) is 5.91 Å². The van der Waals surface area contributed by atoms with Gasteiger partial charge in [-0.3, -0.25) is 14.9 Å². The van der Waals surface area contributed by atoms with Crippen LogP contribution < -0.4 is 10.6 Å². The molecule has 21 heavy (non-hydrogen) atoms. The Kier molecular flexibility index (Phi) is 9.01. The molecule has 0 spiro atoms. The Bertz CT molecular complexity index is 483. The predicted molar refractivity (Wildman–Crippen MR) is 86.3 cm³/mol. The highest BCUT2D eigenvalue weighted by atomic mass is 35.5. The van der Waals surface area contributed by atoms with Gasteiger partial charge in [-0.15, -0.1) is 12.4 Å². The number of aliphatic carboxylic acids is 1. The first-order valence-corrected chi connectivity index (χ1v) is 6.87. The second-order valence-corrected chi connectivity index (χ2v) is 4.94. The van der Waals surface area contributed by atoms with Crippen LogP contribution in [0.5, 0.6) is 0 Å². The molecule has 1 amide bonds. The van der Waals surface area contributed by atoms with Crippen LogP contribution >= 0.6 is 24.0 Å². The van der Waals surface area contributed by atoms with Gasteiger partial charge in [0.05, 0.1) is 16.8 Å². The van der Waals surface area contributed by atoms with Crippen LogP contribution in [0.15, 0.2) is 24.3 Å². The van der Waals surface area contributed by atoms with Crippen LogP contribution in [-0.4, -0.2) is 29.1 Å². The molecule has 1 aromatic carbocycles. The van der Waals surface area contributed by atoms with Crippen LogP contribution in [0.1, 0.15) is 26.7 Å². The van der Waals surface area contributed by atoms with Crippen molar-refractivity contribution in [2.75, 3.05) is 5.32 Å². The zero-order valence-corrected chi connectivity index (χ0v) is 13.5.